The molecule has 3 nitrogen and oxygen atoms in total. The fourth-order valence-corrected chi connectivity index (χ4v) is 2.15. The van der Waals surface area contributed by atoms with Crippen molar-refractivity contribution >= 4 is 11.7 Å². The fourth-order valence-electron chi connectivity index (χ4n) is 2.15. The van der Waals surface area contributed by atoms with Crippen LogP contribution in [-0.4, -0.2) is 11.1 Å². The SMILES string of the molecule is Cc1ccc(-c2cc(C)cc(CC(=O)O)c2N)cc1. The molecular formula is C16H17NO2. The quantitative estimate of drug-likeness (QED) is 0.828. The molecule has 0 radical (unpaired) electrons. The molecular weight excluding hydrogens is 238 g/mol. The first-order valence-corrected chi connectivity index (χ1v) is 6.15. The third kappa shape index (κ3) is 2.94. The van der Waals surface area contributed by atoms with Gasteiger partial charge in [0.1, 0.15) is 0 Å². The first-order chi connectivity index (χ1) is 8.97. The number of anilines is 1. The highest BCUT2D eigenvalue weighted by Crippen LogP contribution is 2.30. The maximum Gasteiger partial charge on any atom is 0.307 e. The van der Waals surface area contributed by atoms with Gasteiger partial charge in [0.25, 0.3) is 0 Å². The Balaban J connectivity index is 2.54. The molecule has 98 valence electrons. The summed E-state index contributed by atoms with van der Waals surface area (Å²) in [7, 11) is 0. The van der Waals surface area contributed by atoms with Crippen molar-refractivity contribution in [3.63, 3.8) is 0 Å². The van der Waals surface area contributed by atoms with E-state index in [4.69, 9.17) is 10.8 Å². The molecule has 0 saturated carbocycles. The summed E-state index contributed by atoms with van der Waals surface area (Å²) in [5, 5.41) is 8.92. The van der Waals surface area contributed by atoms with Crippen LogP contribution in [0.4, 0.5) is 5.69 Å². The van der Waals surface area contributed by atoms with Crippen molar-refractivity contribution in [3.05, 3.63) is 53.1 Å². The second kappa shape index (κ2) is 5.14. The van der Waals surface area contributed by atoms with E-state index in [1.165, 1.54) is 5.56 Å². The monoisotopic (exact) mass is 255 g/mol. The molecule has 0 aromatic heterocycles. The van der Waals surface area contributed by atoms with E-state index in [1.807, 2.05) is 50.2 Å². The summed E-state index contributed by atoms with van der Waals surface area (Å²) in [4.78, 5) is 10.9. The molecule has 0 amide bonds. The van der Waals surface area contributed by atoms with Gasteiger partial charge in [0.05, 0.1) is 6.42 Å². The molecule has 2 aromatic carbocycles. The highest BCUT2D eigenvalue weighted by atomic mass is 16.4. The summed E-state index contributed by atoms with van der Waals surface area (Å²) in [5.74, 6) is -0.868. The highest BCUT2D eigenvalue weighted by Gasteiger charge is 2.11. The minimum absolute atomic E-state index is 0.0492. The van der Waals surface area contributed by atoms with Gasteiger partial charge in [0.15, 0.2) is 0 Å². The summed E-state index contributed by atoms with van der Waals surface area (Å²) < 4.78 is 0. The van der Waals surface area contributed by atoms with E-state index in [0.717, 1.165) is 16.7 Å². The Bertz CT molecular complexity index is 615. The maximum atomic E-state index is 10.9. The molecule has 2 rings (SSSR count). The zero-order chi connectivity index (χ0) is 14.0. The molecule has 3 N–H and O–H groups in total. The van der Waals surface area contributed by atoms with E-state index in [0.29, 0.717) is 11.3 Å². The molecule has 2 aromatic rings. The zero-order valence-electron chi connectivity index (χ0n) is 11.1. The summed E-state index contributed by atoms with van der Waals surface area (Å²) >= 11 is 0. The molecule has 0 spiro atoms. The molecule has 0 aliphatic carbocycles. The van der Waals surface area contributed by atoms with E-state index >= 15 is 0 Å². The Kier molecular flexibility index (Phi) is 3.56. The Morgan fingerprint density at radius 1 is 1.11 bits per heavy atom. The van der Waals surface area contributed by atoms with Crippen molar-refractivity contribution in [2.45, 2.75) is 20.3 Å². The van der Waals surface area contributed by atoms with Crippen LogP contribution in [-0.2, 0) is 11.2 Å². The minimum Gasteiger partial charge on any atom is -0.481 e. The van der Waals surface area contributed by atoms with E-state index in [2.05, 4.69) is 0 Å². The number of carboxylic acids is 1. The Morgan fingerprint density at radius 2 is 1.74 bits per heavy atom. The second-order valence-corrected chi connectivity index (χ2v) is 4.82. The largest absolute Gasteiger partial charge is 0.481 e. The number of aryl methyl sites for hydroxylation is 2. The smallest absolute Gasteiger partial charge is 0.307 e. The number of nitrogen functional groups attached to an aromatic ring is 1. The van der Waals surface area contributed by atoms with E-state index in [1.54, 1.807) is 0 Å². The molecule has 0 unspecified atom stereocenters. The predicted molar refractivity (Wildman–Crippen MR) is 77.1 cm³/mol. The van der Waals surface area contributed by atoms with Crippen molar-refractivity contribution in [1.82, 2.24) is 0 Å². The van der Waals surface area contributed by atoms with Crippen LogP contribution in [0.3, 0.4) is 0 Å². The number of nitrogens with two attached hydrogens (primary N) is 1. The molecule has 0 aliphatic heterocycles. The van der Waals surface area contributed by atoms with Gasteiger partial charge in [-0.15, -0.1) is 0 Å². The van der Waals surface area contributed by atoms with Crippen LogP contribution < -0.4 is 5.73 Å². The number of carbonyl (C=O) groups is 1. The number of hydrogen-bond donors (Lipinski definition) is 2. The Morgan fingerprint density at radius 3 is 2.32 bits per heavy atom. The number of benzene rings is 2. The zero-order valence-corrected chi connectivity index (χ0v) is 11.1. The van der Waals surface area contributed by atoms with Gasteiger partial charge in [-0.2, -0.15) is 0 Å². The minimum atomic E-state index is -0.868. The van der Waals surface area contributed by atoms with Gasteiger partial charge in [0, 0.05) is 11.3 Å². The summed E-state index contributed by atoms with van der Waals surface area (Å²) in [6.45, 7) is 3.97. The van der Waals surface area contributed by atoms with Crippen molar-refractivity contribution in [2.24, 2.45) is 0 Å². The summed E-state index contributed by atoms with van der Waals surface area (Å²) in [6, 6.07) is 11.9. The molecule has 0 atom stereocenters. The lowest BCUT2D eigenvalue weighted by Gasteiger charge is -2.12. The third-order valence-electron chi connectivity index (χ3n) is 3.11. The molecule has 19 heavy (non-hydrogen) atoms. The first kappa shape index (κ1) is 13.1. The molecule has 3 heteroatoms. The number of carboxylic acid groups (broad SMARTS) is 1. The van der Waals surface area contributed by atoms with Crippen LogP contribution in [0.15, 0.2) is 36.4 Å². The van der Waals surface area contributed by atoms with Crippen molar-refractivity contribution < 1.29 is 9.90 Å². The van der Waals surface area contributed by atoms with Gasteiger partial charge < -0.3 is 10.8 Å². The number of hydrogen-bond acceptors (Lipinski definition) is 2. The van der Waals surface area contributed by atoms with Crippen molar-refractivity contribution in [2.75, 3.05) is 5.73 Å². The van der Waals surface area contributed by atoms with Gasteiger partial charge in [-0.1, -0.05) is 41.5 Å². The van der Waals surface area contributed by atoms with E-state index < -0.39 is 5.97 Å². The van der Waals surface area contributed by atoms with Gasteiger partial charge in [-0.3, -0.25) is 4.79 Å². The highest BCUT2D eigenvalue weighted by molar-refractivity contribution is 5.82. The van der Waals surface area contributed by atoms with Crippen molar-refractivity contribution in [1.29, 1.82) is 0 Å². The topological polar surface area (TPSA) is 63.3 Å². The molecule has 0 fully saturated rings. The van der Waals surface area contributed by atoms with Gasteiger partial charge in [-0.05, 0) is 31.0 Å². The average Bonchev–Trinajstić information content (AvgIpc) is 2.34. The van der Waals surface area contributed by atoms with Crippen LogP contribution in [0.2, 0.25) is 0 Å². The van der Waals surface area contributed by atoms with Gasteiger partial charge in [-0.25, -0.2) is 0 Å². The van der Waals surface area contributed by atoms with Crippen LogP contribution >= 0.6 is 0 Å². The van der Waals surface area contributed by atoms with Crippen LogP contribution in [0.25, 0.3) is 11.1 Å². The lowest BCUT2D eigenvalue weighted by molar-refractivity contribution is -0.136. The lowest BCUT2D eigenvalue weighted by atomic mass is 9.96. The molecule has 0 heterocycles. The normalized spacial score (nSPS) is 10.4. The van der Waals surface area contributed by atoms with Gasteiger partial charge >= 0.3 is 5.97 Å². The maximum absolute atomic E-state index is 10.9. The predicted octanol–water partition coefficient (Wildman–Crippen LogP) is 3.18. The molecule has 0 saturated heterocycles. The molecule has 0 bridgehead atoms. The van der Waals surface area contributed by atoms with Crippen LogP contribution in [0.1, 0.15) is 16.7 Å². The van der Waals surface area contributed by atoms with E-state index in [9.17, 15) is 4.79 Å². The van der Waals surface area contributed by atoms with Crippen LogP contribution in [0, 0.1) is 13.8 Å². The fraction of sp³-hybridized carbons (Fsp3) is 0.188. The lowest BCUT2D eigenvalue weighted by Crippen LogP contribution is -2.05. The summed E-state index contributed by atoms with van der Waals surface area (Å²) in [6.07, 6.45) is -0.0492. The van der Waals surface area contributed by atoms with E-state index in [-0.39, 0.29) is 6.42 Å². The molecule has 0 aliphatic rings. The second-order valence-electron chi connectivity index (χ2n) is 4.82. The Hall–Kier alpha value is -2.29. The Labute approximate surface area is 112 Å². The third-order valence-corrected chi connectivity index (χ3v) is 3.11. The van der Waals surface area contributed by atoms with Crippen LogP contribution in [0.5, 0.6) is 0 Å². The number of aliphatic carboxylic acids is 1. The number of rotatable bonds is 3. The average molecular weight is 255 g/mol. The standard InChI is InChI=1S/C16H17NO2/c1-10-3-5-12(6-4-10)14-8-11(2)7-13(16(14)17)9-15(18)19/h3-8H,9,17H2,1-2H3,(H,18,19). The first-order valence-electron chi connectivity index (χ1n) is 6.15. The summed E-state index contributed by atoms with van der Waals surface area (Å²) in [5.41, 5.74) is 11.4. The van der Waals surface area contributed by atoms with Gasteiger partial charge in [0.2, 0.25) is 0 Å². The van der Waals surface area contributed by atoms with Crippen molar-refractivity contribution in [3.8, 4) is 11.1 Å².